The van der Waals surface area contributed by atoms with Crippen LogP contribution in [0.25, 0.3) is 0 Å². The summed E-state index contributed by atoms with van der Waals surface area (Å²) in [5.41, 5.74) is 7.34. The number of methoxy groups -OCH3 is 1. The lowest BCUT2D eigenvalue weighted by Gasteiger charge is -2.09. The number of rotatable bonds is 7. The third-order valence-electron chi connectivity index (χ3n) is 2.86. The van der Waals surface area contributed by atoms with Crippen LogP contribution in [-0.4, -0.2) is 13.2 Å². The van der Waals surface area contributed by atoms with E-state index in [2.05, 4.69) is 19.1 Å². The summed E-state index contributed by atoms with van der Waals surface area (Å²) in [4.78, 5) is 0. The van der Waals surface area contributed by atoms with E-state index in [0.717, 1.165) is 25.0 Å². The van der Waals surface area contributed by atoms with Gasteiger partial charge in [-0.25, -0.2) is 0 Å². The normalized spacial score (nSPS) is 12.4. The van der Waals surface area contributed by atoms with Crippen molar-refractivity contribution in [2.75, 3.05) is 7.11 Å². The quantitative estimate of drug-likeness (QED) is 0.767. The maximum absolute atomic E-state index is 5.97. The zero-order valence-corrected chi connectivity index (χ0v) is 10.4. The first-order valence-electron chi connectivity index (χ1n) is 6.14. The highest BCUT2D eigenvalue weighted by molar-refractivity contribution is 5.27. The lowest BCUT2D eigenvalue weighted by Crippen LogP contribution is -2.19. The fourth-order valence-corrected chi connectivity index (χ4v) is 1.88. The summed E-state index contributed by atoms with van der Waals surface area (Å²) in [5.74, 6) is 0.923. The van der Waals surface area contributed by atoms with Crippen molar-refractivity contribution in [2.45, 2.75) is 45.1 Å². The van der Waals surface area contributed by atoms with Gasteiger partial charge in [0.05, 0.1) is 7.11 Å². The van der Waals surface area contributed by atoms with Crippen molar-refractivity contribution in [3.05, 3.63) is 29.8 Å². The summed E-state index contributed by atoms with van der Waals surface area (Å²) in [5, 5.41) is 0. The van der Waals surface area contributed by atoms with Crippen molar-refractivity contribution >= 4 is 0 Å². The van der Waals surface area contributed by atoms with Gasteiger partial charge in [-0.3, -0.25) is 0 Å². The van der Waals surface area contributed by atoms with Gasteiger partial charge in [0.25, 0.3) is 0 Å². The summed E-state index contributed by atoms with van der Waals surface area (Å²) in [7, 11) is 1.69. The van der Waals surface area contributed by atoms with Crippen LogP contribution in [0.2, 0.25) is 0 Å². The summed E-state index contributed by atoms with van der Waals surface area (Å²) in [6.07, 6.45) is 5.74. The molecule has 2 N–H and O–H groups in total. The fourth-order valence-electron chi connectivity index (χ4n) is 1.88. The molecule has 0 fully saturated rings. The minimum atomic E-state index is 0.378. The van der Waals surface area contributed by atoms with Crippen molar-refractivity contribution in [1.29, 1.82) is 0 Å². The van der Waals surface area contributed by atoms with Crippen LogP contribution in [0, 0.1) is 0 Å². The van der Waals surface area contributed by atoms with Gasteiger partial charge in [0, 0.05) is 6.04 Å². The maximum atomic E-state index is 5.97. The molecule has 0 aliphatic heterocycles. The zero-order valence-electron chi connectivity index (χ0n) is 10.4. The monoisotopic (exact) mass is 221 g/mol. The smallest absolute Gasteiger partial charge is 0.118 e. The fraction of sp³-hybridized carbons (Fsp3) is 0.571. The van der Waals surface area contributed by atoms with Gasteiger partial charge in [0.15, 0.2) is 0 Å². The van der Waals surface area contributed by atoms with E-state index in [4.69, 9.17) is 10.5 Å². The molecule has 90 valence electrons. The molecule has 0 saturated carbocycles. The number of nitrogens with two attached hydrogens (primary N) is 1. The highest BCUT2D eigenvalue weighted by Gasteiger charge is 2.01. The number of ether oxygens (including phenoxy) is 1. The highest BCUT2D eigenvalue weighted by Crippen LogP contribution is 2.14. The van der Waals surface area contributed by atoms with Gasteiger partial charge in [-0.15, -0.1) is 0 Å². The van der Waals surface area contributed by atoms with Crippen LogP contribution in [-0.2, 0) is 6.42 Å². The van der Waals surface area contributed by atoms with E-state index < -0.39 is 0 Å². The molecular formula is C14H23NO. The Morgan fingerprint density at radius 1 is 1.19 bits per heavy atom. The predicted octanol–water partition coefficient (Wildman–Crippen LogP) is 3.15. The molecule has 2 nitrogen and oxygen atoms in total. The average Bonchev–Trinajstić information content (AvgIpc) is 2.30. The van der Waals surface area contributed by atoms with Crippen LogP contribution >= 0.6 is 0 Å². The van der Waals surface area contributed by atoms with Crippen LogP contribution in [0.1, 0.15) is 38.2 Å². The van der Waals surface area contributed by atoms with E-state index in [1.54, 1.807) is 7.11 Å². The first-order chi connectivity index (χ1) is 7.76. The molecule has 0 aliphatic rings. The minimum absolute atomic E-state index is 0.378. The van der Waals surface area contributed by atoms with Crippen molar-refractivity contribution < 1.29 is 4.74 Å². The van der Waals surface area contributed by atoms with E-state index in [-0.39, 0.29) is 0 Å². The lowest BCUT2D eigenvalue weighted by molar-refractivity contribution is 0.414. The predicted molar refractivity (Wildman–Crippen MR) is 68.8 cm³/mol. The molecule has 16 heavy (non-hydrogen) atoms. The van der Waals surface area contributed by atoms with E-state index in [9.17, 15) is 0 Å². The second-order valence-corrected chi connectivity index (χ2v) is 4.29. The third kappa shape index (κ3) is 4.67. The van der Waals surface area contributed by atoms with Crippen molar-refractivity contribution in [3.63, 3.8) is 0 Å². The van der Waals surface area contributed by atoms with Crippen LogP contribution < -0.4 is 10.5 Å². The summed E-state index contributed by atoms with van der Waals surface area (Å²) in [6.45, 7) is 2.18. The Kier molecular flexibility index (Phi) is 5.94. The molecule has 0 spiro atoms. The highest BCUT2D eigenvalue weighted by atomic mass is 16.5. The molecule has 0 saturated heterocycles. The Labute approximate surface area is 98.8 Å². The van der Waals surface area contributed by atoms with Gasteiger partial charge in [-0.2, -0.15) is 0 Å². The SMILES string of the molecule is CCCC(N)CCCc1ccc(OC)cc1. The van der Waals surface area contributed by atoms with Gasteiger partial charge in [-0.1, -0.05) is 25.5 Å². The van der Waals surface area contributed by atoms with E-state index in [1.807, 2.05) is 12.1 Å². The Morgan fingerprint density at radius 3 is 2.44 bits per heavy atom. The minimum Gasteiger partial charge on any atom is -0.497 e. The van der Waals surface area contributed by atoms with Gasteiger partial charge in [0.2, 0.25) is 0 Å². The molecule has 1 unspecified atom stereocenters. The molecule has 0 amide bonds. The Bertz CT molecular complexity index is 281. The topological polar surface area (TPSA) is 35.2 Å². The number of benzene rings is 1. The largest absolute Gasteiger partial charge is 0.497 e. The van der Waals surface area contributed by atoms with Crippen LogP contribution in [0.5, 0.6) is 5.75 Å². The molecule has 0 bridgehead atoms. The van der Waals surface area contributed by atoms with Gasteiger partial charge in [-0.05, 0) is 43.4 Å². The Morgan fingerprint density at radius 2 is 1.88 bits per heavy atom. The standard InChI is InChI=1S/C14H23NO/c1-3-5-13(15)7-4-6-12-8-10-14(16-2)11-9-12/h8-11,13H,3-7,15H2,1-2H3. The maximum Gasteiger partial charge on any atom is 0.118 e. The van der Waals surface area contributed by atoms with E-state index >= 15 is 0 Å². The number of aryl methyl sites for hydroxylation is 1. The molecule has 0 aliphatic carbocycles. The molecule has 0 heterocycles. The second kappa shape index (κ2) is 7.29. The van der Waals surface area contributed by atoms with Crippen LogP contribution in [0.4, 0.5) is 0 Å². The zero-order chi connectivity index (χ0) is 11.8. The molecule has 1 aromatic carbocycles. The Hall–Kier alpha value is -1.02. The molecule has 1 aromatic rings. The van der Waals surface area contributed by atoms with Crippen molar-refractivity contribution in [1.82, 2.24) is 0 Å². The first kappa shape index (κ1) is 13.0. The summed E-state index contributed by atoms with van der Waals surface area (Å²) < 4.78 is 5.12. The number of hydrogen-bond acceptors (Lipinski definition) is 2. The molecular weight excluding hydrogens is 198 g/mol. The molecule has 1 rings (SSSR count). The van der Waals surface area contributed by atoms with Gasteiger partial charge in [0.1, 0.15) is 5.75 Å². The molecule has 0 aromatic heterocycles. The summed E-state index contributed by atoms with van der Waals surface area (Å²) in [6, 6.07) is 8.67. The number of hydrogen-bond donors (Lipinski definition) is 1. The average molecular weight is 221 g/mol. The molecule has 1 atom stereocenters. The summed E-state index contributed by atoms with van der Waals surface area (Å²) >= 11 is 0. The van der Waals surface area contributed by atoms with Crippen molar-refractivity contribution in [2.24, 2.45) is 5.73 Å². The van der Waals surface area contributed by atoms with Crippen molar-refractivity contribution in [3.8, 4) is 5.75 Å². The third-order valence-corrected chi connectivity index (χ3v) is 2.86. The molecule has 0 radical (unpaired) electrons. The molecule has 2 heteroatoms. The van der Waals surface area contributed by atoms with Crippen LogP contribution in [0.3, 0.4) is 0 Å². The first-order valence-corrected chi connectivity index (χ1v) is 6.14. The van der Waals surface area contributed by atoms with Crippen LogP contribution in [0.15, 0.2) is 24.3 Å². The van der Waals surface area contributed by atoms with E-state index in [1.165, 1.54) is 18.4 Å². The second-order valence-electron chi connectivity index (χ2n) is 4.29. The lowest BCUT2D eigenvalue weighted by atomic mass is 10.0. The van der Waals surface area contributed by atoms with Gasteiger partial charge >= 0.3 is 0 Å². The van der Waals surface area contributed by atoms with E-state index in [0.29, 0.717) is 6.04 Å². The van der Waals surface area contributed by atoms with Gasteiger partial charge < -0.3 is 10.5 Å². The Balaban J connectivity index is 2.26.